The summed E-state index contributed by atoms with van der Waals surface area (Å²) in [7, 11) is -4.14. The number of rotatable bonds is 3. The number of nitrogens with zero attached hydrogens (tertiary/aromatic N) is 1. The van der Waals surface area contributed by atoms with E-state index in [2.05, 4.69) is 10.2 Å². The number of hydrogen-bond acceptors (Lipinski definition) is 4. The highest BCUT2D eigenvalue weighted by atomic mass is 32.2. The Morgan fingerprint density at radius 3 is 2.39 bits per heavy atom. The molecule has 2 unspecified atom stereocenters. The fourth-order valence-electron chi connectivity index (χ4n) is 2.95. The van der Waals surface area contributed by atoms with Crippen LogP contribution in [0, 0.1) is 0 Å². The number of halogens is 6. The number of benzene rings is 1. The van der Waals surface area contributed by atoms with Crippen molar-refractivity contribution in [3.63, 3.8) is 0 Å². The lowest BCUT2D eigenvalue weighted by atomic mass is 10.1. The zero-order valence-corrected chi connectivity index (χ0v) is 14.8. The van der Waals surface area contributed by atoms with E-state index in [0.29, 0.717) is 6.07 Å². The van der Waals surface area contributed by atoms with Gasteiger partial charge < -0.3 is 4.74 Å². The molecule has 2 aromatic rings. The Bertz CT molecular complexity index is 952. The summed E-state index contributed by atoms with van der Waals surface area (Å²) in [6.07, 6.45) is -10.6. The highest BCUT2D eigenvalue weighted by Gasteiger charge is 2.39. The van der Waals surface area contributed by atoms with Crippen LogP contribution in [-0.2, 0) is 26.9 Å². The lowest BCUT2D eigenvalue weighted by Gasteiger charge is -2.28. The monoisotopic (exact) mass is 428 g/mol. The Morgan fingerprint density at radius 1 is 1.07 bits per heavy atom. The van der Waals surface area contributed by atoms with Crippen LogP contribution in [0.2, 0.25) is 0 Å². The van der Waals surface area contributed by atoms with Crippen LogP contribution in [0.5, 0.6) is 0 Å². The van der Waals surface area contributed by atoms with Crippen molar-refractivity contribution in [3.05, 3.63) is 47.3 Å². The summed E-state index contributed by atoms with van der Waals surface area (Å²) >= 11 is 0. The van der Waals surface area contributed by atoms with Crippen molar-refractivity contribution in [2.45, 2.75) is 41.4 Å². The van der Waals surface area contributed by atoms with Gasteiger partial charge in [0.25, 0.3) is 0 Å². The van der Waals surface area contributed by atoms with Crippen LogP contribution in [-0.4, -0.2) is 30.5 Å². The number of ether oxygens (including phenoxy) is 1. The van der Waals surface area contributed by atoms with Crippen LogP contribution in [0.25, 0.3) is 0 Å². The molecule has 2 atom stereocenters. The topological polar surface area (TPSA) is 72.1 Å². The van der Waals surface area contributed by atoms with Crippen molar-refractivity contribution >= 4 is 9.84 Å². The van der Waals surface area contributed by atoms with Crippen molar-refractivity contribution in [1.82, 2.24) is 10.2 Å². The first-order valence-corrected chi connectivity index (χ1v) is 9.59. The Balaban J connectivity index is 1.84. The summed E-state index contributed by atoms with van der Waals surface area (Å²) in [5.41, 5.74) is -2.31. The van der Waals surface area contributed by atoms with Crippen molar-refractivity contribution in [1.29, 1.82) is 0 Å². The smallest absolute Gasteiger partial charge is 0.372 e. The van der Waals surface area contributed by atoms with Gasteiger partial charge in [0.15, 0.2) is 15.5 Å². The molecule has 0 spiro atoms. The summed E-state index contributed by atoms with van der Waals surface area (Å²) in [6, 6.07) is 4.10. The largest absolute Gasteiger partial charge is 0.435 e. The molecule has 0 radical (unpaired) electrons. The molecule has 3 rings (SSSR count). The molecule has 1 saturated heterocycles. The van der Waals surface area contributed by atoms with Gasteiger partial charge in [-0.2, -0.15) is 31.4 Å². The van der Waals surface area contributed by atoms with Crippen LogP contribution >= 0.6 is 0 Å². The number of sulfone groups is 1. The average Bonchev–Trinajstić information content (AvgIpc) is 3.12. The zero-order valence-electron chi connectivity index (χ0n) is 14.0. The van der Waals surface area contributed by atoms with E-state index in [0.717, 1.165) is 24.3 Å². The van der Waals surface area contributed by atoms with Gasteiger partial charge in [-0.05, 0) is 37.1 Å². The average molecular weight is 428 g/mol. The maximum absolute atomic E-state index is 12.9. The van der Waals surface area contributed by atoms with E-state index in [1.54, 1.807) is 0 Å². The van der Waals surface area contributed by atoms with Crippen molar-refractivity contribution in [3.8, 4) is 0 Å². The minimum atomic E-state index is -4.70. The molecule has 1 fully saturated rings. The van der Waals surface area contributed by atoms with Gasteiger partial charge in [-0.25, -0.2) is 8.42 Å². The number of alkyl halides is 6. The fourth-order valence-corrected chi connectivity index (χ4v) is 4.73. The first kappa shape index (κ1) is 20.6. The van der Waals surface area contributed by atoms with E-state index in [4.69, 9.17) is 4.74 Å². The molecule has 0 bridgehead atoms. The molecule has 2 heterocycles. The van der Waals surface area contributed by atoms with Gasteiger partial charge in [-0.1, -0.05) is 6.07 Å². The van der Waals surface area contributed by atoms with Crippen LogP contribution < -0.4 is 0 Å². The van der Waals surface area contributed by atoms with Gasteiger partial charge in [-0.3, -0.25) is 5.10 Å². The van der Waals surface area contributed by atoms with Crippen LogP contribution in [0.15, 0.2) is 35.2 Å². The molecule has 0 aliphatic carbocycles. The maximum Gasteiger partial charge on any atom is 0.435 e. The number of nitrogens with one attached hydrogen (secondary N) is 1. The predicted octanol–water partition coefficient (Wildman–Crippen LogP) is 4.14. The van der Waals surface area contributed by atoms with Crippen molar-refractivity contribution in [2.24, 2.45) is 0 Å². The minimum absolute atomic E-state index is 0.00927. The highest BCUT2D eigenvalue weighted by molar-refractivity contribution is 7.92. The maximum atomic E-state index is 12.9. The SMILES string of the molecule is O=S(=O)(c1cccc(C(F)(F)F)c1)C1CCOC(c2cc(C(F)(F)F)n[nH]2)C1. The lowest BCUT2D eigenvalue weighted by molar-refractivity contribution is -0.141. The highest BCUT2D eigenvalue weighted by Crippen LogP contribution is 2.37. The standard InChI is InChI=1S/C16H14F6N2O3S/c17-15(18,19)9-2-1-3-10(6-9)28(25,26)11-4-5-27-13(7-11)12-8-14(24-23-12)16(20,21)22/h1-3,6,8,11,13H,4-5,7H2,(H,23,24). The summed E-state index contributed by atoms with van der Waals surface area (Å²) in [5, 5.41) is 4.22. The van der Waals surface area contributed by atoms with E-state index < -0.39 is 49.7 Å². The molecular weight excluding hydrogens is 414 g/mol. The molecule has 1 aliphatic rings. The molecule has 28 heavy (non-hydrogen) atoms. The number of H-pyrrole nitrogens is 1. The molecule has 154 valence electrons. The normalized spacial score (nSPS) is 21.6. The van der Waals surface area contributed by atoms with E-state index in [-0.39, 0.29) is 25.1 Å². The van der Waals surface area contributed by atoms with E-state index in [9.17, 15) is 34.8 Å². The molecule has 1 aromatic heterocycles. The van der Waals surface area contributed by atoms with E-state index >= 15 is 0 Å². The Labute approximate surface area is 155 Å². The van der Waals surface area contributed by atoms with Gasteiger partial charge in [0, 0.05) is 6.61 Å². The van der Waals surface area contributed by atoms with Gasteiger partial charge in [0.2, 0.25) is 0 Å². The molecule has 5 nitrogen and oxygen atoms in total. The first-order chi connectivity index (χ1) is 12.9. The fraction of sp³-hybridized carbons (Fsp3) is 0.438. The van der Waals surface area contributed by atoms with Gasteiger partial charge in [-0.15, -0.1) is 0 Å². The zero-order chi connectivity index (χ0) is 20.7. The summed E-state index contributed by atoms with van der Waals surface area (Å²) in [5.74, 6) is 0. The van der Waals surface area contributed by atoms with Crippen LogP contribution in [0.3, 0.4) is 0 Å². The van der Waals surface area contributed by atoms with Crippen molar-refractivity contribution < 1.29 is 39.5 Å². The molecule has 1 aliphatic heterocycles. The second-order valence-corrected chi connectivity index (χ2v) is 8.51. The number of aromatic nitrogens is 2. The first-order valence-electron chi connectivity index (χ1n) is 8.04. The number of aromatic amines is 1. The molecule has 0 amide bonds. The van der Waals surface area contributed by atoms with Crippen LogP contribution in [0.4, 0.5) is 26.3 Å². The van der Waals surface area contributed by atoms with E-state index in [1.807, 2.05) is 0 Å². The summed E-state index contributed by atoms with van der Waals surface area (Å²) < 4.78 is 108. The second-order valence-electron chi connectivity index (χ2n) is 6.28. The predicted molar refractivity (Wildman–Crippen MR) is 83.9 cm³/mol. The third-order valence-electron chi connectivity index (χ3n) is 4.40. The van der Waals surface area contributed by atoms with Crippen LogP contribution in [0.1, 0.15) is 35.9 Å². The quantitative estimate of drug-likeness (QED) is 0.746. The van der Waals surface area contributed by atoms with E-state index in [1.165, 1.54) is 0 Å². The Hall–Kier alpha value is -2.08. The summed E-state index contributed by atoms with van der Waals surface area (Å²) in [4.78, 5) is -0.492. The third-order valence-corrected chi connectivity index (χ3v) is 6.62. The van der Waals surface area contributed by atoms with Gasteiger partial charge >= 0.3 is 12.4 Å². The second kappa shape index (κ2) is 7.07. The minimum Gasteiger partial charge on any atom is -0.372 e. The molecule has 0 saturated carbocycles. The van der Waals surface area contributed by atoms with Gasteiger partial charge in [0.05, 0.1) is 21.4 Å². The molecule has 12 heteroatoms. The lowest BCUT2D eigenvalue weighted by Crippen LogP contribution is -2.31. The molecule has 1 aromatic carbocycles. The third kappa shape index (κ3) is 4.17. The molecule has 1 N–H and O–H groups in total. The van der Waals surface area contributed by atoms with Gasteiger partial charge in [0.1, 0.15) is 6.10 Å². The Morgan fingerprint density at radius 2 is 1.79 bits per heavy atom. The Kier molecular flexibility index (Phi) is 5.21. The number of hydrogen-bond donors (Lipinski definition) is 1. The molecular formula is C16H14F6N2O3S. The van der Waals surface area contributed by atoms with Crippen molar-refractivity contribution in [2.75, 3.05) is 6.61 Å². The summed E-state index contributed by atoms with van der Waals surface area (Å²) in [6.45, 7) is -0.0755.